The molecule has 0 aliphatic heterocycles. The maximum absolute atomic E-state index is 13.1. The van der Waals surface area contributed by atoms with Crippen LogP contribution in [-0.2, 0) is 4.79 Å². The van der Waals surface area contributed by atoms with Crippen molar-refractivity contribution >= 4 is 17.7 Å². The zero-order valence-corrected chi connectivity index (χ0v) is 9.66. The van der Waals surface area contributed by atoms with E-state index in [1.165, 1.54) is 13.8 Å². The molecule has 3 nitrogen and oxygen atoms in total. The summed E-state index contributed by atoms with van der Waals surface area (Å²) in [5.74, 6) is 0.0625. The van der Waals surface area contributed by atoms with Gasteiger partial charge in [0.1, 0.15) is 0 Å². The molecule has 0 aliphatic carbocycles. The summed E-state index contributed by atoms with van der Waals surface area (Å²) in [6, 6.07) is -0.155. The lowest BCUT2D eigenvalue weighted by Crippen LogP contribution is -2.45. The van der Waals surface area contributed by atoms with E-state index in [1.807, 2.05) is 6.26 Å². The highest BCUT2D eigenvalue weighted by Gasteiger charge is 2.28. The topological polar surface area (TPSA) is 49.3 Å². The fourth-order valence-corrected chi connectivity index (χ4v) is 1.56. The van der Waals surface area contributed by atoms with Gasteiger partial charge in [-0.1, -0.05) is 0 Å². The minimum absolute atomic E-state index is 0.00176. The average molecular weight is 223 g/mol. The van der Waals surface area contributed by atoms with Gasteiger partial charge < -0.3 is 10.4 Å². The number of aliphatic hydroxyl groups is 1. The van der Waals surface area contributed by atoms with Crippen LogP contribution in [0.2, 0.25) is 0 Å². The predicted octanol–water partition coefficient (Wildman–Crippen LogP) is 0.965. The lowest BCUT2D eigenvalue weighted by molar-refractivity contribution is -0.131. The Morgan fingerprint density at radius 2 is 2.21 bits per heavy atom. The molecule has 1 unspecified atom stereocenters. The van der Waals surface area contributed by atoms with Gasteiger partial charge in [0.25, 0.3) is 5.91 Å². The quantitative estimate of drug-likeness (QED) is 0.705. The van der Waals surface area contributed by atoms with E-state index in [0.29, 0.717) is 12.2 Å². The van der Waals surface area contributed by atoms with Crippen LogP contribution in [0.5, 0.6) is 0 Å². The summed E-state index contributed by atoms with van der Waals surface area (Å²) >= 11 is 1.55. The van der Waals surface area contributed by atoms with Crippen LogP contribution in [0.4, 0.5) is 4.39 Å². The normalized spacial score (nSPS) is 13.8. The molecule has 0 aliphatic rings. The Morgan fingerprint density at radius 3 is 2.57 bits per heavy atom. The predicted molar refractivity (Wildman–Crippen MR) is 57.2 cm³/mol. The van der Waals surface area contributed by atoms with E-state index in [-0.39, 0.29) is 12.6 Å². The second-order valence-electron chi connectivity index (χ2n) is 3.61. The monoisotopic (exact) mass is 223 g/mol. The van der Waals surface area contributed by atoms with Crippen LogP contribution in [0, 0.1) is 0 Å². The van der Waals surface area contributed by atoms with Crippen molar-refractivity contribution in [2.75, 3.05) is 18.6 Å². The zero-order chi connectivity index (χ0) is 11.2. The number of nitrogens with one attached hydrogen (secondary N) is 1. The van der Waals surface area contributed by atoms with Gasteiger partial charge in [0.15, 0.2) is 5.67 Å². The van der Waals surface area contributed by atoms with Crippen molar-refractivity contribution in [1.82, 2.24) is 5.32 Å². The maximum Gasteiger partial charge on any atom is 0.257 e. The molecule has 5 heteroatoms. The molecule has 14 heavy (non-hydrogen) atoms. The molecule has 0 saturated carbocycles. The van der Waals surface area contributed by atoms with E-state index in [9.17, 15) is 9.18 Å². The van der Waals surface area contributed by atoms with Gasteiger partial charge in [0.05, 0.1) is 0 Å². The van der Waals surface area contributed by atoms with Gasteiger partial charge in [-0.2, -0.15) is 11.8 Å². The number of alkyl halides is 1. The highest BCUT2D eigenvalue weighted by molar-refractivity contribution is 7.98. The van der Waals surface area contributed by atoms with E-state index < -0.39 is 11.6 Å². The third-order valence-electron chi connectivity index (χ3n) is 1.72. The smallest absolute Gasteiger partial charge is 0.257 e. The molecule has 0 heterocycles. The molecule has 0 aromatic rings. The number of aliphatic hydroxyl groups excluding tert-OH is 1. The summed E-state index contributed by atoms with van der Waals surface area (Å²) in [6.45, 7) is 2.44. The van der Waals surface area contributed by atoms with Crippen LogP contribution in [0.25, 0.3) is 0 Å². The highest BCUT2D eigenvalue weighted by Crippen LogP contribution is 2.10. The lowest BCUT2D eigenvalue weighted by atomic mass is 10.1. The van der Waals surface area contributed by atoms with Crippen molar-refractivity contribution in [3.8, 4) is 0 Å². The number of hydrogen-bond acceptors (Lipinski definition) is 3. The fraction of sp³-hybridized carbons (Fsp3) is 0.889. The first-order valence-corrected chi connectivity index (χ1v) is 5.91. The van der Waals surface area contributed by atoms with Crippen LogP contribution < -0.4 is 5.32 Å². The summed E-state index contributed by atoms with van der Waals surface area (Å²) in [7, 11) is 0. The minimum Gasteiger partial charge on any atom is -0.396 e. The number of carbonyl (C=O) groups is 1. The maximum atomic E-state index is 13.1. The molecule has 1 amide bonds. The number of rotatable bonds is 6. The lowest BCUT2D eigenvalue weighted by Gasteiger charge is -2.21. The van der Waals surface area contributed by atoms with E-state index in [2.05, 4.69) is 5.32 Å². The Kier molecular flexibility index (Phi) is 6.11. The summed E-state index contributed by atoms with van der Waals surface area (Å²) in [4.78, 5) is 11.2. The Morgan fingerprint density at radius 1 is 1.64 bits per heavy atom. The van der Waals surface area contributed by atoms with Crippen molar-refractivity contribution < 1.29 is 14.3 Å². The second kappa shape index (κ2) is 6.24. The SMILES string of the molecule is CSCC(CCO)NC(=O)C(C)(C)F. The second-order valence-corrected chi connectivity index (χ2v) is 4.52. The van der Waals surface area contributed by atoms with Crippen molar-refractivity contribution in [1.29, 1.82) is 0 Å². The molecule has 84 valence electrons. The summed E-state index contributed by atoms with van der Waals surface area (Å²) < 4.78 is 13.1. The number of halogens is 1. The van der Waals surface area contributed by atoms with Gasteiger partial charge >= 0.3 is 0 Å². The first kappa shape index (κ1) is 13.7. The van der Waals surface area contributed by atoms with Crippen molar-refractivity contribution in [3.05, 3.63) is 0 Å². The van der Waals surface area contributed by atoms with Gasteiger partial charge in [0.2, 0.25) is 0 Å². The van der Waals surface area contributed by atoms with Crippen molar-refractivity contribution in [2.45, 2.75) is 32.0 Å². The van der Waals surface area contributed by atoms with Crippen LogP contribution in [0.1, 0.15) is 20.3 Å². The van der Waals surface area contributed by atoms with Crippen LogP contribution in [-0.4, -0.2) is 41.3 Å². The molecule has 0 bridgehead atoms. The summed E-state index contributed by atoms with van der Waals surface area (Å²) in [5.41, 5.74) is -1.86. The third-order valence-corrected chi connectivity index (χ3v) is 2.46. The Bertz CT molecular complexity index is 176. The minimum atomic E-state index is -1.86. The number of carbonyl (C=O) groups excluding carboxylic acids is 1. The molecule has 0 aromatic heterocycles. The van der Waals surface area contributed by atoms with Gasteiger partial charge in [-0.05, 0) is 26.5 Å². The average Bonchev–Trinajstić information content (AvgIpc) is 2.03. The van der Waals surface area contributed by atoms with Gasteiger partial charge in [-0.15, -0.1) is 0 Å². The molecule has 0 aromatic carbocycles. The van der Waals surface area contributed by atoms with Crippen LogP contribution in [0.3, 0.4) is 0 Å². The third kappa shape index (κ3) is 5.44. The standard InChI is InChI=1S/C9H18FNO2S/c1-9(2,10)8(13)11-7(4-5-12)6-14-3/h7,12H,4-6H2,1-3H3,(H,11,13). The molecular formula is C9H18FNO2S. The molecule has 1 atom stereocenters. The number of thioether (sulfide) groups is 1. The summed E-state index contributed by atoms with van der Waals surface area (Å²) in [6.07, 6.45) is 2.36. The first-order valence-electron chi connectivity index (χ1n) is 4.51. The Balaban J connectivity index is 4.08. The Hall–Kier alpha value is -0.290. The van der Waals surface area contributed by atoms with Gasteiger partial charge in [0, 0.05) is 18.4 Å². The van der Waals surface area contributed by atoms with Crippen molar-refractivity contribution in [3.63, 3.8) is 0 Å². The van der Waals surface area contributed by atoms with E-state index >= 15 is 0 Å². The van der Waals surface area contributed by atoms with E-state index in [1.54, 1.807) is 11.8 Å². The molecule has 0 saturated heterocycles. The van der Waals surface area contributed by atoms with Crippen LogP contribution in [0.15, 0.2) is 0 Å². The fourth-order valence-electron chi connectivity index (χ4n) is 0.911. The largest absolute Gasteiger partial charge is 0.396 e. The van der Waals surface area contributed by atoms with E-state index in [0.717, 1.165) is 0 Å². The number of amides is 1. The zero-order valence-electron chi connectivity index (χ0n) is 8.84. The molecule has 0 radical (unpaired) electrons. The highest BCUT2D eigenvalue weighted by atomic mass is 32.2. The molecule has 0 spiro atoms. The van der Waals surface area contributed by atoms with Crippen molar-refractivity contribution in [2.24, 2.45) is 0 Å². The van der Waals surface area contributed by atoms with Gasteiger partial charge in [-0.3, -0.25) is 4.79 Å². The molecule has 0 rings (SSSR count). The summed E-state index contributed by atoms with van der Waals surface area (Å²) in [5, 5.41) is 11.3. The first-order chi connectivity index (χ1) is 6.41. The van der Waals surface area contributed by atoms with E-state index in [4.69, 9.17) is 5.11 Å². The van der Waals surface area contributed by atoms with Gasteiger partial charge in [-0.25, -0.2) is 4.39 Å². The Labute approximate surface area is 88.5 Å². The van der Waals surface area contributed by atoms with Crippen LogP contribution >= 0.6 is 11.8 Å². The molecular weight excluding hydrogens is 205 g/mol. The number of hydrogen-bond donors (Lipinski definition) is 2. The molecule has 0 fully saturated rings. The molecule has 2 N–H and O–H groups in total.